The quantitative estimate of drug-likeness (QED) is 0.806. The lowest BCUT2D eigenvalue weighted by atomic mass is 10.2. The first-order chi connectivity index (χ1) is 8.86. The van der Waals surface area contributed by atoms with Gasteiger partial charge in [-0.05, 0) is 40.2 Å². The molecule has 102 valence electrons. The van der Waals surface area contributed by atoms with Crippen molar-refractivity contribution in [2.45, 2.75) is 12.7 Å². The van der Waals surface area contributed by atoms with E-state index in [0.29, 0.717) is 5.76 Å². The Morgan fingerprint density at radius 1 is 1.26 bits per heavy atom. The maximum atomic E-state index is 12.6. The monoisotopic (exact) mass is 353 g/mol. The van der Waals surface area contributed by atoms with E-state index in [9.17, 15) is 13.2 Å². The molecule has 1 heterocycles. The highest BCUT2D eigenvalue weighted by Crippen LogP contribution is 2.33. The lowest BCUT2D eigenvalue weighted by Crippen LogP contribution is -2.06. The predicted molar refractivity (Wildman–Crippen MR) is 70.2 cm³/mol. The van der Waals surface area contributed by atoms with Crippen molar-refractivity contribution < 1.29 is 17.6 Å². The first-order valence-electron chi connectivity index (χ1n) is 5.20. The highest BCUT2D eigenvalue weighted by Gasteiger charge is 2.31. The standard InChI is InChI=1S/C12H8BrClF3NO/c13-10-1-2-19-11(10)6-18-9-4-7(12(15,16)17)3-8(14)5-9/h1-5,18H,6H2. The van der Waals surface area contributed by atoms with Gasteiger partial charge in [0, 0.05) is 10.7 Å². The molecule has 0 saturated heterocycles. The van der Waals surface area contributed by atoms with Gasteiger partial charge >= 0.3 is 6.18 Å². The Morgan fingerprint density at radius 3 is 2.58 bits per heavy atom. The Balaban J connectivity index is 2.17. The molecule has 1 N–H and O–H groups in total. The van der Waals surface area contributed by atoms with Crippen molar-refractivity contribution >= 4 is 33.2 Å². The lowest BCUT2D eigenvalue weighted by Gasteiger charge is -2.11. The zero-order valence-electron chi connectivity index (χ0n) is 9.39. The Bertz CT molecular complexity index is 583. The van der Waals surface area contributed by atoms with E-state index in [4.69, 9.17) is 16.0 Å². The summed E-state index contributed by atoms with van der Waals surface area (Å²) in [6, 6.07) is 5.02. The fourth-order valence-electron chi connectivity index (χ4n) is 1.49. The van der Waals surface area contributed by atoms with Crippen LogP contribution in [0.4, 0.5) is 18.9 Å². The maximum Gasteiger partial charge on any atom is 0.416 e. The maximum absolute atomic E-state index is 12.6. The topological polar surface area (TPSA) is 25.2 Å². The summed E-state index contributed by atoms with van der Waals surface area (Å²) in [6.07, 6.45) is -2.94. The molecule has 2 aromatic rings. The molecule has 2 nitrogen and oxygen atoms in total. The van der Waals surface area contributed by atoms with Gasteiger partial charge in [0.1, 0.15) is 5.76 Å². The molecule has 0 radical (unpaired) electrons. The first kappa shape index (κ1) is 14.3. The average molecular weight is 355 g/mol. The Morgan fingerprint density at radius 2 is 2.00 bits per heavy atom. The van der Waals surface area contributed by atoms with Gasteiger partial charge in [-0.2, -0.15) is 13.2 Å². The average Bonchev–Trinajstić information content (AvgIpc) is 2.70. The highest BCUT2D eigenvalue weighted by atomic mass is 79.9. The molecule has 0 aliphatic carbocycles. The smallest absolute Gasteiger partial charge is 0.416 e. The number of nitrogens with one attached hydrogen (secondary N) is 1. The minimum Gasteiger partial charge on any atom is -0.466 e. The number of halogens is 5. The van der Waals surface area contributed by atoms with Crippen LogP contribution in [0.25, 0.3) is 0 Å². The van der Waals surface area contributed by atoms with Crippen molar-refractivity contribution in [3.63, 3.8) is 0 Å². The van der Waals surface area contributed by atoms with Crippen molar-refractivity contribution in [2.24, 2.45) is 0 Å². The number of anilines is 1. The number of furan rings is 1. The van der Waals surface area contributed by atoms with Gasteiger partial charge in [-0.15, -0.1) is 0 Å². The van der Waals surface area contributed by atoms with E-state index in [2.05, 4.69) is 21.2 Å². The molecule has 19 heavy (non-hydrogen) atoms. The second-order valence-electron chi connectivity index (χ2n) is 3.77. The summed E-state index contributed by atoms with van der Waals surface area (Å²) in [5.74, 6) is 0.591. The molecule has 0 fully saturated rings. The second-order valence-corrected chi connectivity index (χ2v) is 5.06. The van der Waals surface area contributed by atoms with Crippen LogP contribution in [0.1, 0.15) is 11.3 Å². The molecule has 1 aromatic carbocycles. The SMILES string of the molecule is FC(F)(F)c1cc(Cl)cc(NCc2occc2Br)c1. The van der Waals surface area contributed by atoms with Crippen molar-refractivity contribution in [2.75, 3.05) is 5.32 Å². The molecule has 0 bridgehead atoms. The van der Waals surface area contributed by atoms with Crippen molar-refractivity contribution in [3.05, 3.63) is 51.3 Å². The molecule has 0 amide bonds. The first-order valence-corrected chi connectivity index (χ1v) is 6.37. The molecule has 1 aromatic heterocycles. The molecule has 0 unspecified atom stereocenters. The van der Waals surface area contributed by atoms with Crippen LogP contribution in [-0.4, -0.2) is 0 Å². The fraction of sp³-hybridized carbons (Fsp3) is 0.167. The summed E-state index contributed by atoms with van der Waals surface area (Å²) in [5, 5.41) is 2.86. The lowest BCUT2D eigenvalue weighted by molar-refractivity contribution is -0.137. The summed E-state index contributed by atoms with van der Waals surface area (Å²) >= 11 is 8.94. The number of hydrogen-bond donors (Lipinski definition) is 1. The molecule has 0 aliphatic rings. The summed E-state index contributed by atoms with van der Waals surface area (Å²) in [4.78, 5) is 0. The Labute approximate surface area is 120 Å². The van der Waals surface area contributed by atoms with Crippen LogP contribution in [0, 0.1) is 0 Å². The van der Waals surface area contributed by atoms with E-state index < -0.39 is 11.7 Å². The molecular formula is C12H8BrClF3NO. The molecule has 0 atom stereocenters. The van der Waals surface area contributed by atoms with Crippen LogP contribution >= 0.6 is 27.5 Å². The third-order valence-corrected chi connectivity index (χ3v) is 3.29. The third kappa shape index (κ3) is 3.67. The van der Waals surface area contributed by atoms with E-state index in [1.807, 2.05) is 0 Å². The van der Waals surface area contributed by atoms with Crippen LogP contribution in [0.15, 0.2) is 39.4 Å². The van der Waals surface area contributed by atoms with E-state index in [1.54, 1.807) is 6.07 Å². The van der Waals surface area contributed by atoms with E-state index in [1.165, 1.54) is 12.3 Å². The van der Waals surface area contributed by atoms with E-state index in [0.717, 1.165) is 16.6 Å². The number of benzene rings is 1. The largest absolute Gasteiger partial charge is 0.466 e. The van der Waals surface area contributed by atoms with Gasteiger partial charge in [0.25, 0.3) is 0 Å². The fourth-order valence-corrected chi connectivity index (χ4v) is 2.07. The Hall–Kier alpha value is -1.14. The van der Waals surface area contributed by atoms with Gasteiger partial charge < -0.3 is 9.73 Å². The number of hydrogen-bond acceptors (Lipinski definition) is 2. The van der Waals surface area contributed by atoms with Gasteiger partial charge in [-0.25, -0.2) is 0 Å². The molecule has 0 aliphatic heterocycles. The van der Waals surface area contributed by atoms with Gasteiger partial charge in [0.2, 0.25) is 0 Å². The summed E-state index contributed by atoms with van der Waals surface area (Å²) in [7, 11) is 0. The third-order valence-electron chi connectivity index (χ3n) is 2.37. The van der Waals surface area contributed by atoms with Crippen molar-refractivity contribution in [1.29, 1.82) is 0 Å². The minimum absolute atomic E-state index is 0.0239. The van der Waals surface area contributed by atoms with Gasteiger partial charge in [0.05, 0.1) is 22.8 Å². The normalized spacial score (nSPS) is 11.6. The molecule has 7 heteroatoms. The van der Waals surface area contributed by atoms with Crippen molar-refractivity contribution in [3.8, 4) is 0 Å². The zero-order valence-corrected chi connectivity index (χ0v) is 11.7. The van der Waals surface area contributed by atoms with Crippen LogP contribution < -0.4 is 5.32 Å². The number of alkyl halides is 3. The summed E-state index contributed by atoms with van der Waals surface area (Å²) in [5.41, 5.74) is -0.510. The minimum atomic E-state index is -4.42. The van der Waals surface area contributed by atoms with Gasteiger partial charge in [-0.1, -0.05) is 11.6 Å². The molecular weight excluding hydrogens is 346 g/mol. The molecule has 0 spiro atoms. The van der Waals surface area contributed by atoms with Crippen LogP contribution in [0.2, 0.25) is 5.02 Å². The summed E-state index contributed by atoms with van der Waals surface area (Å²) in [6.45, 7) is 0.255. The van der Waals surface area contributed by atoms with Crippen LogP contribution in [-0.2, 0) is 12.7 Å². The summed E-state index contributed by atoms with van der Waals surface area (Å²) < 4.78 is 43.7. The second kappa shape index (κ2) is 5.46. The van der Waals surface area contributed by atoms with E-state index >= 15 is 0 Å². The highest BCUT2D eigenvalue weighted by molar-refractivity contribution is 9.10. The molecule has 2 rings (SSSR count). The Kier molecular flexibility index (Phi) is 4.10. The predicted octanol–water partition coefficient (Wildman–Crippen LogP) is 5.33. The van der Waals surface area contributed by atoms with Gasteiger partial charge in [-0.3, -0.25) is 0 Å². The molecule has 0 saturated carbocycles. The van der Waals surface area contributed by atoms with Gasteiger partial charge in [0.15, 0.2) is 0 Å². The van der Waals surface area contributed by atoms with E-state index in [-0.39, 0.29) is 17.3 Å². The van der Waals surface area contributed by atoms with Crippen LogP contribution in [0.3, 0.4) is 0 Å². The zero-order chi connectivity index (χ0) is 14.0. The number of rotatable bonds is 3. The van der Waals surface area contributed by atoms with Crippen molar-refractivity contribution in [1.82, 2.24) is 0 Å². The van der Waals surface area contributed by atoms with Crippen LogP contribution in [0.5, 0.6) is 0 Å².